The fraction of sp³-hybridized carbons (Fsp3) is 0.571. The zero-order valence-electron chi connectivity index (χ0n) is 20.1. The Labute approximate surface area is 195 Å². The average molecular weight is 436 g/mol. The van der Waals surface area contributed by atoms with Crippen molar-refractivity contribution in [2.75, 3.05) is 46.8 Å². The molecule has 1 atom stereocenters. The molecule has 1 saturated heterocycles. The highest BCUT2D eigenvalue weighted by Crippen LogP contribution is 2.26. The molecule has 4 nitrogen and oxygen atoms in total. The highest BCUT2D eigenvalue weighted by molar-refractivity contribution is 5.27. The van der Waals surface area contributed by atoms with Crippen LogP contribution in [0.15, 0.2) is 54.6 Å². The van der Waals surface area contributed by atoms with Gasteiger partial charge in [0.05, 0.1) is 0 Å². The SMILES string of the molecule is CN(C)CCC(Oc1ccccc1)c1ccc(CN2CCN(C3CCCCC3)CC2)cc1. The van der Waals surface area contributed by atoms with Crippen molar-refractivity contribution in [3.63, 3.8) is 0 Å². The number of hydrogen-bond acceptors (Lipinski definition) is 4. The normalized spacial score (nSPS) is 19.8. The van der Waals surface area contributed by atoms with Crippen molar-refractivity contribution in [1.29, 1.82) is 0 Å². The van der Waals surface area contributed by atoms with E-state index in [0.29, 0.717) is 0 Å². The summed E-state index contributed by atoms with van der Waals surface area (Å²) in [5.74, 6) is 0.941. The van der Waals surface area contributed by atoms with Crippen molar-refractivity contribution in [2.45, 2.75) is 57.2 Å². The Morgan fingerprint density at radius 3 is 2.22 bits per heavy atom. The van der Waals surface area contributed by atoms with E-state index in [9.17, 15) is 0 Å². The van der Waals surface area contributed by atoms with Crippen LogP contribution in [-0.2, 0) is 6.54 Å². The first-order valence-corrected chi connectivity index (χ1v) is 12.6. The Balaban J connectivity index is 1.31. The van der Waals surface area contributed by atoms with E-state index in [4.69, 9.17) is 4.74 Å². The Bertz CT molecular complexity index is 778. The average Bonchev–Trinajstić information content (AvgIpc) is 2.84. The molecule has 1 aliphatic heterocycles. The standard InChI is InChI=1S/C28H41N3O/c1-29(2)18-17-28(32-27-11-7-4-8-12-27)25-15-13-24(14-16-25)23-30-19-21-31(22-20-30)26-9-5-3-6-10-26/h4,7-8,11-16,26,28H,3,5-6,9-10,17-23H2,1-2H3. The van der Waals surface area contributed by atoms with Crippen molar-refractivity contribution in [2.24, 2.45) is 0 Å². The second-order valence-corrected chi connectivity index (χ2v) is 9.86. The largest absolute Gasteiger partial charge is 0.486 e. The highest BCUT2D eigenvalue weighted by Gasteiger charge is 2.25. The molecule has 0 aromatic heterocycles. The third-order valence-electron chi connectivity index (χ3n) is 7.12. The number of hydrogen-bond donors (Lipinski definition) is 0. The molecule has 4 rings (SSSR count). The molecule has 0 spiro atoms. The zero-order valence-corrected chi connectivity index (χ0v) is 20.1. The number of piperazine rings is 1. The summed E-state index contributed by atoms with van der Waals surface area (Å²) in [5, 5.41) is 0. The molecule has 1 heterocycles. The Kier molecular flexibility index (Phi) is 8.61. The first-order chi connectivity index (χ1) is 15.7. The van der Waals surface area contributed by atoms with Crippen molar-refractivity contribution < 1.29 is 4.74 Å². The predicted octanol–water partition coefficient (Wildman–Crippen LogP) is 5.21. The molecule has 2 fully saturated rings. The van der Waals surface area contributed by atoms with Gasteiger partial charge in [-0.25, -0.2) is 0 Å². The van der Waals surface area contributed by atoms with Gasteiger partial charge in [-0.05, 0) is 50.2 Å². The maximum absolute atomic E-state index is 6.37. The summed E-state index contributed by atoms with van der Waals surface area (Å²) in [5.41, 5.74) is 2.67. The maximum Gasteiger partial charge on any atom is 0.125 e. The van der Waals surface area contributed by atoms with Gasteiger partial charge in [0.15, 0.2) is 0 Å². The van der Waals surface area contributed by atoms with Gasteiger partial charge in [-0.3, -0.25) is 9.80 Å². The molecule has 1 saturated carbocycles. The van der Waals surface area contributed by atoms with E-state index in [1.807, 2.05) is 30.3 Å². The third kappa shape index (κ3) is 6.81. The van der Waals surface area contributed by atoms with E-state index in [1.165, 1.54) is 69.4 Å². The van der Waals surface area contributed by atoms with E-state index < -0.39 is 0 Å². The second kappa shape index (κ2) is 11.8. The van der Waals surface area contributed by atoms with Crippen LogP contribution in [0.5, 0.6) is 5.75 Å². The van der Waals surface area contributed by atoms with Gasteiger partial charge in [0.2, 0.25) is 0 Å². The summed E-state index contributed by atoms with van der Waals surface area (Å²) in [6, 6.07) is 20.2. The van der Waals surface area contributed by atoms with Crippen LogP contribution in [0.4, 0.5) is 0 Å². The van der Waals surface area contributed by atoms with E-state index in [-0.39, 0.29) is 6.10 Å². The molecule has 0 N–H and O–H groups in total. The summed E-state index contributed by atoms with van der Waals surface area (Å²) in [6.07, 6.45) is 8.20. The van der Waals surface area contributed by atoms with Crippen LogP contribution in [0.3, 0.4) is 0 Å². The second-order valence-electron chi connectivity index (χ2n) is 9.86. The van der Waals surface area contributed by atoms with E-state index >= 15 is 0 Å². The fourth-order valence-corrected chi connectivity index (χ4v) is 5.16. The first kappa shape index (κ1) is 23.3. The third-order valence-corrected chi connectivity index (χ3v) is 7.12. The number of benzene rings is 2. The van der Waals surface area contributed by atoms with Gasteiger partial charge in [0, 0.05) is 51.7 Å². The fourth-order valence-electron chi connectivity index (χ4n) is 5.16. The molecule has 4 heteroatoms. The topological polar surface area (TPSA) is 19.0 Å². The van der Waals surface area contributed by atoms with Gasteiger partial charge >= 0.3 is 0 Å². The Morgan fingerprint density at radius 1 is 0.875 bits per heavy atom. The van der Waals surface area contributed by atoms with Crippen LogP contribution < -0.4 is 4.74 Å². The molecule has 1 aliphatic carbocycles. The molecule has 2 aromatic rings. The van der Waals surface area contributed by atoms with Gasteiger partial charge in [0.25, 0.3) is 0 Å². The lowest BCUT2D eigenvalue weighted by molar-refractivity contribution is 0.0755. The maximum atomic E-state index is 6.37. The first-order valence-electron chi connectivity index (χ1n) is 12.6. The van der Waals surface area contributed by atoms with Crippen LogP contribution in [0, 0.1) is 0 Å². The van der Waals surface area contributed by atoms with Gasteiger partial charge in [0.1, 0.15) is 11.9 Å². The van der Waals surface area contributed by atoms with Crippen molar-refractivity contribution in [3.8, 4) is 5.75 Å². The summed E-state index contributed by atoms with van der Waals surface area (Å²) in [4.78, 5) is 7.61. The summed E-state index contributed by atoms with van der Waals surface area (Å²) < 4.78 is 6.37. The smallest absolute Gasteiger partial charge is 0.125 e. The van der Waals surface area contributed by atoms with Gasteiger partial charge < -0.3 is 9.64 Å². The molecular weight excluding hydrogens is 394 g/mol. The molecule has 2 aromatic carbocycles. The van der Waals surface area contributed by atoms with Gasteiger partial charge in [-0.2, -0.15) is 0 Å². The monoisotopic (exact) mass is 435 g/mol. The zero-order chi connectivity index (χ0) is 22.2. The van der Waals surface area contributed by atoms with Gasteiger partial charge in [-0.15, -0.1) is 0 Å². The minimum absolute atomic E-state index is 0.0767. The molecule has 0 amide bonds. The summed E-state index contributed by atoms with van der Waals surface area (Å²) >= 11 is 0. The minimum Gasteiger partial charge on any atom is -0.486 e. The molecule has 0 radical (unpaired) electrons. The molecule has 32 heavy (non-hydrogen) atoms. The van der Waals surface area contributed by atoms with E-state index in [0.717, 1.165) is 31.3 Å². The molecule has 0 bridgehead atoms. The lowest BCUT2D eigenvalue weighted by Gasteiger charge is -2.40. The van der Waals surface area contributed by atoms with Crippen LogP contribution in [0.1, 0.15) is 55.8 Å². The van der Waals surface area contributed by atoms with Crippen LogP contribution in [-0.4, -0.2) is 67.6 Å². The van der Waals surface area contributed by atoms with Crippen LogP contribution >= 0.6 is 0 Å². The quantitative estimate of drug-likeness (QED) is 0.538. The molecule has 2 aliphatic rings. The number of rotatable bonds is 9. The lowest BCUT2D eigenvalue weighted by Crippen LogP contribution is -2.50. The summed E-state index contributed by atoms with van der Waals surface area (Å²) in [6.45, 7) is 6.92. The lowest BCUT2D eigenvalue weighted by atomic mass is 9.94. The summed E-state index contributed by atoms with van der Waals surface area (Å²) in [7, 11) is 4.24. The van der Waals surface area contributed by atoms with Crippen molar-refractivity contribution >= 4 is 0 Å². The van der Waals surface area contributed by atoms with Crippen molar-refractivity contribution in [3.05, 3.63) is 65.7 Å². The Hall–Kier alpha value is -1.88. The molecule has 1 unspecified atom stereocenters. The van der Waals surface area contributed by atoms with Crippen LogP contribution in [0.25, 0.3) is 0 Å². The van der Waals surface area contributed by atoms with Crippen molar-refractivity contribution in [1.82, 2.24) is 14.7 Å². The number of para-hydroxylation sites is 1. The Morgan fingerprint density at radius 2 is 1.56 bits per heavy atom. The van der Waals surface area contributed by atoms with E-state index in [2.05, 4.69) is 53.1 Å². The molecular formula is C28H41N3O. The predicted molar refractivity (Wildman–Crippen MR) is 133 cm³/mol. The highest BCUT2D eigenvalue weighted by atomic mass is 16.5. The van der Waals surface area contributed by atoms with Crippen LogP contribution in [0.2, 0.25) is 0 Å². The number of ether oxygens (including phenoxy) is 1. The van der Waals surface area contributed by atoms with E-state index in [1.54, 1.807) is 0 Å². The minimum atomic E-state index is 0.0767. The van der Waals surface area contributed by atoms with Gasteiger partial charge in [-0.1, -0.05) is 61.7 Å². The molecule has 174 valence electrons. The number of nitrogens with zero attached hydrogens (tertiary/aromatic N) is 3.